The predicted molar refractivity (Wildman–Crippen MR) is 83.6 cm³/mol. The van der Waals surface area contributed by atoms with Gasteiger partial charge >= 0.3 is 5.97 Å². The Balaban J connectivity index is 1.83. The highest BCUT2D eigenvalue weighted by molar-refractivity contribution is 5.81. The molecule has 0 saturated heterocycles. The van der Waals surface area contributed by atoms with Crippen LogP contribution in [0.1, 0.15) is 32.6 Å². The van der Waals surface area contributed by atoms with Crippen LogP contribution in [0.5, 0.6) is 0 Å². The number of carbonyl (C=O) groups is 1. The van der Waals surface area contributed by atoms with E-state index in [-0.39, 0.29) is 5.92 Å². The van der Waals surface area contributed by atoms with Crippen molar-refractivity contribution in [3.63, 3.8) is 0 Å². The fourth-order valence-electron chi connectivity index (χ4n) is 3.09. The van der Waals surface area contributed by atoms with Gasteiger partial charge in [-0.05, 0) is 50.7 Å². The summed E-state index contributed by atoms with van der Waals surface area (Å²) in [7, 11) is 0. The quantitative estimate of drug-likeness (QED) is 0.771. The second kappa shape index (κ2) is 5.68. The fraction of sp³-hybridized carbons (Fsp3) is 0.588. The Labute approximate surface area is 126 Å². The number of likely N-dealkylation sites (N-methyl/N-ethyl adjacent to an activating group) is 1. The number of benzene rings is 1. The summed E-state index contributed by atoms with van der Waals surface area (Å²) in [5.74, 6) is -0.417. The first-order valence-electron chi connectivity index (χ1n) is 7.97. The van der Waals surface area contributed by atoms with Crippen LogP contribution in [-0.2, 0) is 4.79 Å². The molecule has 4 heteroatoms. The molecule has 2 N–H and O–H groups in total. The Morgan fingerprint density at radius 3 is 2.43 bits per heavy atom. The van der Waals surface area contributed by atoms with Crippen molar-refractivity contribution in [2.24, 2.45) is 5.92 Å². The number of hydrogen-bond acceptors (Lipinski definition) is 3. The number of rotatable bonds is 8. The van der Waals surface area contributed by atoms with E-state index >= 15 is 0 Å². The van der Waals surface area contributed by atoms with E-state index < -0.39 is 11.5 Å². The highest BCUT2D eigenvalue weighted by atomic mass is 16.4. The van der Waals surface area contributed by atoms with E-state index in [0.29, 0.717) is 12.6 Å². The van der Waals surface area contributed by atoms with Crippen LogP contribution in [0.15, 0.2) is 30.3 Å². The lowest BCUT2D eigenvalue weighted by Gasteiger charge is -2.37. The predicted octanol–water partition coefficient (Wildman–Crippen LogP) is 2.50. The normalized spacial score (nSPS) is 20.8. The van der Waals surface area contributed by atoms with Crippen molar-refractivity contribution in [3.05, 3.63) is 30.3 Å². The summed E-state index contributed by atoms with van der Waals surface area (Å²) in [6.45, 7) is 3.45. The first kappa shape index (κ1) is 14.4. The number of aliphatic carboxylic acids is 1. The smallest absolute Gasteiger partial charge is 0.326 e. The Morgan fingerprint density at radius 1 is 1.29 bits per heavy atom. The summed E-state index contributed by atoms with van der Waals surface area (Å²) >= 11 is 0. The molecular formula is C17H24N2O2. The number of para-hydroxylation sites is 1. The summed E-state index contributed by atoms with van der Waals surface area (Å²) in [4.78, 5) is 14.2. The van der Waals surface area contributed by atoms with Crippen LogP contribution in [0.25, 0.3) is 0 Å². The highest BCUT2D eigenvalue weighted by Gasteiger charge is 2.54. The van der Waals surface area contributed by atoms with Crippen molar-refractivity contribution in [2.45, 2.75) is 44.2 Å². The molecule has 1 atom stereocenters. The van der Waals surface area contributed by atoms with E-state index in [1.54, 1.807) is 0 Å². The van der Waals surface area contributed by atoms with Gasteiger partial charge in [0.1, 0.15) is 5.54 Å². The van der Waals surface area contributed by atoms with E-state index in [0.717, 1.165) is 37.9 Å². The number of nitrogens with zero attached hydrogens (tertiary/aromatic N) is 1. The molecule has 0 amide bonds. The Kier molecular flexibility index (Phi) is 3.89. The monoisotopic (exact) mass is 288 g/mol. The second-order valence-electron chi connectivity index (χ2n) is 6.32. The van der Waals surface area contributed by atoms with Gasteiger partial charge in [-0.1, -0.05) is 18.2 Å². The lowest BCUT2D eigenvalue weighted by molar-refractivity contribution is -0.145. The summed E-state index contributed by atoms with van der Waals surface area (Å²) in [6.07, 6.45) is 4.27. The van der Waals surface area contributed by atoms with E-state index in [1.165, 1.54) is 0 Å². The van der Waals surface area contributed by atoms with Gasteiger partial charge in [0.25, 0.3) is 0 Å². The van der Waals surface area contributed by atoms with Gasteiger partial charge in [0.2, 0.25) is 0 Å². The molecule has 0 bridgehead atoms. The van der Waals surface area contributed by atoms with E-state index in [1.807, 2.05) is 18.2 Å². The van der Waals surface area contributed by atoms with Crippen LogP contribution in [0, 0.1) is 5.92 Å². The molecule has 2 aliphatic rings. The average molecular weight is 288 g/mol. The van der Waals surface area contributed by atoms with Gasteiger partial charge in [0.15, 0.2) is 0 Å². The molecule has 0 aromatic heterocycles. The van der Waals surface area contributed by atoms with Crippen LogP contribution in [-0.4, -0.2) is 35.7 Å². The third kappa shape index (κ3) is 3.05. The zero-order valence-electron chi connectivity index (χ0n) is 12.6. The minimum Gasteiger partial charge on any atom is -0.480 e. The fourth-order valence-corrected chi connectivity index (χ4v) is 3.09. The third-order valence-electron chi connectivity index (χ3n) is 4.64. The summed E-state index contributed by atoms with van der Waals surface area (Å²) < 4.78 is 0. The van der Waals surface area contributed by atoms with Crippen LogP contribution >= 0.6 is 0 Å². The molecule has 1 aromatic carbocycles. The van der Waals surface area contributed by atoms with Gasteiger partial charge in [-0.3, -0.25) is 10.1 Å². The van der Waals surface area contributed by atoms with Crippen molar-refractivity contribution < 1.29 is 9.90 Å². The maximum atomic E-state index is 12.1. The lowest BCUT2D eigenvalue weighted by atomic mass is 9.91. The van der Waals surface area contributed by atoms with E-state index in [4.69, 9.17) is 0 Å². The van der Waals surface area contributed by atoms with Gasteiger partial charge in [0.05, 0.1) is 0 Å². The van der Waals surface area contributed by atoms with Crippen molar-refractivity contribution in [3.8, 4) is 0 Å². The van der Waals surface area contributed by atoms with Crippen molar-refractivity contribution in [1.29, 1.82) is 0 Å². The molecule has 114 valence electrons. The van der Waals surface area contributed by atoms with Crippen LogP contribution in [0.4, 0.5) is 5.69 Å². The maximum Gasteiger partial charge on any atom is 0.326 e. The summed E-state index contributed by atoms with van der Waals surface area (Å²) in [5.41, 5.74) is 0.316. The standard InChI is InChI=1S/C17H24N2O2/c1-2-19(15-6-4-3-5-7-15)12-17(16(20)21,13-8-9-13)18-14-10-11-14/h3-7,13-14,18H,2,8-12H2,1H3,(H,20,21). The van der Waals surface area contributed by atoms with Gasteiger partial charge in [-0.25, -0.2) is 0 Å². The first-order chi connectivity index (χ1) is 10.2. The number of carboxylic acids is 1. The molecule has 2 fully saturated rings. The van der Waals surface area contributed by atoms with Gasteiger partial charge in [-0.15, -0.1) is 0 Å². The van der Waals surface area contributed by atoms with Crippen LogP contribution in [0.2, 0.25) is 0 Å². The molecule has 21 heavy (non-hydrogen) atoms. The van der Waals surface area contributed by atoms with Crippen molar-refractivity contribution in [2.75, 3.05) is 18.0 Å². The van der Waals surface area contributed by atoms with Gasteiger partial charge < -0.3 is 10.0 Å². The molecule has 0 radical (unpaired) electrons. The summed E-state index contributed by atoms with van der Waals surface area (Å²) in [6, 6.07) is 10.5. The van der Waals surface area contributed by atoms with Crippen molar-refractivity contribution in [1.82, 2.24) is 5.32 Å². The first-order valence-corrected chi connectivity index (χ1v) is 7.97. The van der Waals surface area contributed by atoms with Crippen LogP contribution < -0.4 is 10.2 Å². The van der Waals surface area contributed by atoms with Crippen LogP contribution in [0.3, 0.4) is 0 Å². The van der Waals surface area contributed by atoms with Gasteiger partial charge in [-0.2, -0.15) is 0 Å². The molecule has 3 rings (SSSR count). The number of nitrogens with one attached hydrogen (secondary N) is 1. The average Bonchev–Trinajstić information content (AvgIpc) is 3.37. The SMILES string of the molecule is CCN(CC(NC1CC1)(C(=O)O)C1CC1)c1ccccc1. The number of hydrogen-bond donors (Lipinski definition) is 2. The number of anilines is 1. The largest absolute Gasteiger partial charge is 0.480 e. The molecule has 1 unspecified atom stereocenters. The van der Waals surface area contributed by atoms with E-state index in [9.17, 15) is 9.90 Å². The Morgan fingerprint density at radius 2 is 1.95 bits per heavy atom. The molecule has 4 nitrogen and oxygen atoms in total. The molecule has 0 aliphatic heterocycles. The molecule has 2 saturated carbocycles. The molecule has 1 aromatic rings. The number of carboxylic acid groups (broad SMARTS) is 1. The molecule has 0 spiro atoms. The molecule has 2 aliphatic carbocycles. The highest BCUT2D eigenvalue weighted by Crippen LogP contribution is 2.42. The molecule has 0 heterocycles. The Bertz CT molecular complexity index is 497. The summed E-state index contributed by atoms with van der Waals surface area (Å²) in [5, 5.41) is 13.4. The zero-order chi connectivity index (χ0) is 14.9. The third-order valence-corrected chi connectivity index (χ3v) is 4.64. The van der Waals surface area contributed by atoms with Gasteiger partial charge in [0, 0.05) is 24.8 Å². The van der Waals surface area contributed by atoms with E-state index in [2.05, 4.69) is 29.3 Å². The zero-order valence-corrected chi connectivity index (χ0v) is 12.6. The maximum absolute atomic E-state index is 12.1. The molecular weight excluding hydrogens is 264 g/mol. The Hall–Kier alpha value is -1.55. The minimum atomic E-state index is -0.785. The minimum absolute atomic E-state index is 0.272. The topological polar surface area (TPSA) is 52.6 Å². The lowest BCUT2D eigenvalue weighted by Crippen LogP contribution is -2.61. The van der Waals surface area contributed by atoms with Crippen molar-refractivity contribution >= 4 is 11.7 Å². The second-order valence-corrected chi connectivity index (χ2v) is 6.32.